The number of halogens is 3. The van der Waals surface area contributed by atoms with Gasteiger partial charge in [0.25, 0.3) is 0 Å². The normalized spacial score (nSPS) is 22.5. The summed E-state index contributed by atoms with van der Waals surface area (Å²) >= 11 is 0. The lowest BCUT2D eigenvalue weighted by atomic mass is 9.96. The van der Waals surface area contributed by atoms with E-state index in [4.69, 9.17) is 14.6 Å². The maximum atomic E-state index is 13.0. The molecular formula is C14H13F3N2O5. The van der Waals surface area contributed by atoms with E-state index in [-0.39, 0.29) is 18.2 Å². The Morgan fingerprint density at radius 2 is 2.00 bits per heavy atom. The van der Waals surface area contributed by atoms with E-state index in [1.807, 2.05) is 0 Å². The van der Waals surface area contributed by atoms with Crippen LogP contribution in [0.2, 0.25) is 0 Å². The molecule has 0 unspecified atom stereocenters. The first-order valence-electron chi connectivity index (χ1n) is 7.01. The second-order valence-corrected chi connectivity index (χ2v) is 5.47. The van der Waals surface area contributed by atoms with Crippen LogP contribution in [0.3, 0.4) is 0 Å². The first kappa shape index (κ1) is 16.2. The van der Waals surface area contributed by atoms with Gasteiger partial charge in [-0.25, -0.2) is 4.79 Å². The second kappa shape index (κ2) is 5.77. The number of amides is 2. The number of fused-ring (bicyclic) bond motifs is 1. The van der Waals surface area contributed by atoms with E-state index in [0.29, 0.717) is 5.75 Å². The lowest BCUT2D eigenvalue weighted by Crippen LogP contribution is -2.35. The van der Waals surface area contributed by atoms with Gasteiger partial charge in [0.1, 0.15) is 0 Å². The van der Waals surface area contributed by atoms with Crippen molar-refractivity contribution < 1.29 is 37.3 Å². The fourth-order valence-corrected chi connectivity index (χ4v) is 2.77. The van der Waals surface area contributed by atoms with Gasteiger partial charge in [-0.3, -0.25) is 4.79 Å². The minimum atomic E-state index is -4.69. The predicted octanol–water partition coefficient (Wildman–Crippen LogP) is 2.14. The third-order valence-electron chi connectivity index (χ3n) is 3.98. The van der Waals surface area contributed by atoms with Gasteiger partial charge >= 0.3 is 18.2 Å². The average molecular weight is 346 g/mol. The summed E-state index contributed by atoms with van der Waals surface area (Å²) in [6.07, 6.45) is -4.69. The number of alkyl halides is 3. The van der Waals surface area contributed by atoms with E-state index in [0.717, 1.165) is 4.90 Å². The van der Waals surface area contributed by atoms with Crippen LogP contribution in [0.1, 0.15) is 0 Å². The fourth-order valence-electron chi connectivity index (χ4n) is 2.77. The number of urea groups is 1. The van der Waals surface area contributed by atoms with Crippen LogP contribution in [0.5, 0.6) is 11.5 Å². The third-order valence-corrected chi connectivity index (χ3v) is 3.98. The molecule has 0 aromatic heterocycles. The minimum Gasteiger partial charge on any atom is -0.481 e. The SMILES string of the molecule is O=C(O)[C@@H]1CN(C(=O)Nc2cccc3c2OCO3)C[C@H]1C(F)(F)F. The van der Waals surface area contributed by atoms with E-state index < -0.39 is 43.1 Å². The zero-order valence-corrected chi connectivity index (χ0v) is 12.2. The summed E-state index contributed by atoms with van der Waals surface area (Å²) in [5.41, 5.74) is 0.248. The highest BCUT2D eigenvalue weighted by molar-refractivity contribution is 5.92. The minimum absolute atomic E-state index is 0.0246. The number of nitrogens with zero attached hydrogens (tertiary/aromatic N) is 1. The van der Waals surface area contributed by atoms with Crippen LogP contribution < -0.4 is 14.8 Å². The van der Waals surface area contributed by atoms with Crippen molar-refractivity contribution in [1.82, 2.24) is 4.90 Å². The van der Waals surface area contributed by atoms with E-state index in [2.05, 4.69) is 5.32 Å². The third kappa shape index (κ3) is 2.91. The highest BCUT2D eigenvalue weighted by Crippen LogP contribution is 2.40. The van der Waals surface area contributed by atoms with Crippen molar-refractivity contribution >= 4 is 17.7 Å². The van der Waals surface area contributed by atoms with Crippen molar-refractivity contribution in [2.24, 2.45) is 11.8 Å². The molecule has 2 amide bonds. The Morgan fingerprint density at radius 1 is 1.25 bits per heavy atom. The second-order valence-electron chi connectivity index (χ2n) is 5.47. The predicted molar refractivity (Wildman–Crippen MR) is 73.8 cm³/mol. The monoisotopic (exact) mass is 346 g/mol. The molecule has 24 heavy (non-hydrogen) atoms. The number of para-hydroxylation sites is 1. The number of anilines is 1. The van der Waals surface area contributed by atoms with Crippen LogP contribution in [-0.4, -0.2) is 48.1 Å². The highest BCUT2D eigenvalue weighted by Gasteiger charge is 2.53. The molecule has 2 N–H and O–H groups in total. The van der Waals surface area contributed by atoms with Crippen molar-refractivity contribution in [1.29, 1.82) is 0 Å². The average Bonchev–Trinajstić information content (AvgIpc) is 3.14. The van der Waals surface area contributed by atoms with Crippen molar-refractivity contribution in [3.8, 4) is 11.5 Å². The smallest absolute Gasteiger partial charge is 0.394 e. The quantitative estimate of drug-likeness (QED) is 0.857. The van der Waals surface area contributed by atoms with Gasteiger partial charge in [-0.1, -0.05) is 6.07 Å². The molecule has 7 nitrogen and oxygen atoms in total. The molecule has 2 atom stereocenters. The topological polar surface area (TPSA) is 88.1 Å². The molecule has 3 rings (SSSR count). The van der Waals surface area contributed by atoms with E-state index in [1.165, 1.54) is 6.07 Å². The standard InChI is InChI=1S/C14H13F3N2O5/c15-14(16,17)8-5-19(4-7(8)12(20)21)13(22)18-9-2-1-3-10-11(9)24-6-23-10/h1-3,7-8H,4-6H2,(H,18,22)(H,20,21)/t7-,8-/m1/s1. The summed E-state index contributed by atoms with van der Waals surface area (Å²) in [5, 5.41) is 11.4. The molecule has 0 spiro atoms. The van der Waals surface area contributed by atoms with Gasteiger partial charge in [0, 0.05) is 13.1 Å². The molecule has 1 aromatic rings. The van der Waals surface area contributed by atoms with Gasteiger partial charge in [0.05, 0.1) is 17.5 Å². The van der Waals surface area contributed by atoms with Gasteiger partial charge in [-0.15, -0.1) is 0 Å². The number of carbonyl (C=O) groups excluding carboxylic acids is 1. The number of hydrogen-bond donors (Lipinski definition) is 2. The summed E-state index contributed by atoms with van der Waals surface area (Å²) in [6.45, 7) is -1.25. The van der Waals surface area contributed by atoms with Gasteiger partial charge in [-0.2, -0.15) is 13.2 Å². The molecule has 0 bridgehead atoms. The molecule has 1 saturated heterocycles. The summed E-state index contributed by atoms with van der Waals surface area (Å²) in [4.78, 5) is 24.1. The number of benzene rings is 1. The van der Waals surface area contributed by atoms with E-state index in [9.17, 15) is 22.8 Å². The van der Waals surface area contributed by atoms with Gasteiger partial charge in [0.2, 0.25) is 6.79 Å². The number of carbonyl (C=O) groups is 2. The largest absolute Gasteiger partial charge is 0.481 e. The summed E-state index contributed by atoms with van der Waals surface area (Å²) in [7, 11) is 0. The van der Waals surface area contributed by atoms with Gasteiger partial charge in [0.15, 0.2) is 11.5 Å². The number of hydrogen-bond acceptors (Lipinski definition) is 4. The van der Waals surface area contributed by atoms with Gasteiger partial charge in [-0.05, 0) is 12.1 Å². The number of carboxylic acid groups (broad SMARTS) is 1. The molecule has 1 fully saturated rings. The molecule has 0 radical (unpaired) electrons. The first-order valence-corrected chi connectivity index (χ1v) is 7.01. The van der Waals surface area contributed by atoms with Gasteiger partial charge < -0.3 is 24.8 Å². The molecule has 1 aromatic carbocycles. The fraction of sp³-hybridized carbons (Fsp3) is 0.429. The summed E-state index contributed by atoms with van der Waals surface area (Å²) < 4.78 is 49.2. The zero-order chi connectivity index (χ0) is 17.5. The maximum absolute atomic E-state index is 13.0. The Bertz CT molecular complexity index is 679. The van der Waals surface area contributed by atoms with Crippen LogP contribution in [0, 0.1) is 11.8 Å². The first-order chi connectivity index (χ1) is 11.3. The Labute approximate surface area is 133 Å². The Balaban J connectivity index is 1.75. The molecule has 2 heterocycles. The van der Waals surface area contributed by atoms with Crippen LogP contribution in [-0.2, 0) is 4.79 Å². The number of likely N-dealkylation sites (tertiary alicyclic amines) is 1. The maximum Gasteiger partial charge on any atom is 0.394 e. The van der Waals surface area contributed by atoms with Crippen LogP contribution in [0.4, 0.5) is 23.7 Å². The number of aliphatic carboxylic acids is 1. The molecule has 130 valence electrons. The molecule has 10 heteroatoms. The van der Waals surface area contributed by atoms with Crippen molar-refractivity contribution in [3.63, 3.8) is 0 Å². The van der Waals surface area contributed by atoms with E-state index >= 15 is 0 Å². The highest BCUT2D eigenvalue weighted by atomic mass is 19.4. The number of nitrogens with one attached hydrogen (secondary N) is 1. The van der Waals surface area contributed by atoms with Crippen molar-refractivity contribution in [2.45, 2.75) is 6.18 Å². The van der Waals surface area contributed by atoms with Crippen LogP contribution >= 0.6 is 0 Å². The molecule has 2 aliphatic rings. The number of ether oxygens (including phenoxy) is 2. The lowest BCUT2D eigenvalue weighted by molar-refractivity contribution is -0.187. The molecule has 2 aliphatic heterocycles. The summed E-state index contributed by atoms with van der Waals surface area (Å²) in [6, 6.07) is 3.90. The van der Waals surface area contributed by atoms with Crippen molar-refractivity contribution in [2.75, 3.05) is 25.2 Å². The molecule has 0 aliphatic carbocycles. The number of rotatable bonds is 2. The summed E-state index contributed by atoms with van der Waals surface area (Å²) in [5.74, 6) is -4.67. The molecule has 0 saturated carbocycles. The Morgan fingerprint density at radius 3 is 2.62 bits per heavy atom. The molecular weight excluding hydrogens is 333 g/mol. The number of carboxylic acids is 1. The van der Waals surface area contributed by atoms with E-state index in [1.54, 1.807) is 12.1 Å². The van der Waals surface area contributed by atoms with Crippen molar-refractivity contribution in [3.05, 3.63) is 18.2 Å². The zero-order valence-electron chi connectivity index (χ0n) is 12.2. The Hall–Kier alpha value is -2.65. The Kier molecular flexibility index (Phi) is 3.90. The van der Waals surface area contributed by atoms with Crippen LogP contribution in [0.25, 0.3) is 0 Å². The van der Waals surface area contributed by atoms with Crippen LogP contribution in [0.15, 0.2) is 18.2 Å². The lowest BCUT2D eigenvalue weighted by Gasteiger charge is -2.19.